The van der Waals surface area contributed by atoms with E-state index in [9.17, 15) is 0 Å². The predicted molar refractivity (Wildman–Crippen MR) is 67.3 cm³/mol. The van der Waals surface area contributed by atoms with Gasteiger partial charge in [-0.2, -0.15) is 0 Å². The lowest BCUT2D eigenvalue weighted by Gasteiger charge is -2.07. The molecule has 0 radical (unpaired) electrons. The highest BCUT2D eigenvalue weighted by Gasteiger charge is 2.08. The van der Waals surface area contributed by atoms with Crippen molar-refractivity contribution >= 4 is 27.5 Å². The van der Waals surface area contributed by atoms with Crippen LogP contribution in [0.5, 0.6) is 0 Å². The molecule has 0 amide bonds. The molecule has 2 rings (SSSR count). The summed E-state index contributed by atoms with van der Waals surface area (Å²) in [5.74, 6) is 0. The van der Waals surface area contributed by atoms with E-state index in [2.05, 4.69) is 20.9 Å². The fourth-order valence-electron chi connectivity index (χ4n) is 1.44. The summed E-state index contributed by atoms with van der Waals surface area (Å²) in [6, 6.07) is 11.9. The highest BCUT2D eigenvalue weighted by Crippen LogP contribution is 2.28. The Balaban J connectivity index is 2.58. The molecule has 76 valence electrons. The molecule has 0 N–H and O–H groups in total. The molecule has 15 heavy (non-hydrogen) atoms. The van der Waals surface area contributed by atoms with E-state index < -0.39 is 0 Å². The molecule has 1 aromatic heterocycles. The maximum Gasteiger partial charge on any atom is 0.0757 e. The number of pyridine rings is 1. The highest BCUT2D eigenvalue weighted by molar-refractivity contribution is 9.08. The Kier molecular flexibility index (Phi) is 3.39. The number of alkyl halides is 1. The first-order valence-corrected chi connectivity index (χ1v) is 6.07. The fourth-order valence-corrected chi connectivity index (χ4v) is 2.38. The number of nitrogens with zero attached hydrogens (tertiary/aromatic N) is 1. The summed E-state index contributed by atoms with van der Waals surface area (Å²) in [6.07, 6.45) is 1.73. The van der Waals surface area contributed by atoms with Crippen LogP contribution >= 0.6 is 27.5 Å². The van der Waals surface area contributed by atoms with Gasteiger partial charge in [0, 0.05) is 27.7 Å². The summed E-state index contributed by atoms with van der Waals surface area (Å²) >= 11 is 9.54. The van der Waals surface area contributed by atoms with Crippen LogP contribution in [0.25, 0.3) is 11.3 Å². The SMILES string of the molecule is Clc1ccnc(-c2ccccc2)c1CBr. The Bertz CT molecular complexity index is 456. The third-order valence-electron chi connectivity index (χ3n) is 2.18. The summed E-state index contributed by atoms with van der Waals surface area (Å²) < 4.78 is 0. The van der Waals surface area contributed by atoms with E-state index in [1.807, 2.05) is 36.4 Å². The van der Waals surface area contributed by atoms with Crippen LogP contribution in [-0.4, -0.2) is 4.98 Å². The maximum atomic E-state index is 6.11. The maximum absolute atomic E-state index is 6.11. The molecule has 0 fully saturated rings. The summed E-state index contributed by atoms with van der Waals surface area (Å²) in [5.41, 5.74) is 3.07. The average molecular weight is 283 g/mol. The molecule has 0 bridgehead atoms. The number of aromatic nitrogens is 1. The summed E-state index contributed by atoms with van der Waals surface area (Å²) in [7, 11) is 0. The van der Waals surface area contributed by atoms with Gasteiger partial charge in [0.25, 0.3) is 0 Å². The zero-order chi connectivity index (χ0) is 10.7. The monoisotopic (exact) mass is 281 g/mol. The second-order valence-electron chi connectivity index (χ2n) is 3.12. The smallest absolute Gasteiger partial charge is 0.0757 e. The fraction of sp³-hybridized carbons (Fsp3) is 0.0833. The molecule has 0 aliphatic carbocycles. The van der Waals surface area contributed by atoms with Gasteiger partial charge in [0.1, 0.15) is 0 Å². The molecular weight excluding hydrogens is 273 g/mol. The largest absolute Gasteiger partial charge is 0.256 e. The minimum Gasteiger partial charge on any atom is -0.256 e. The summed E-state index contributed by atoms with van der Waals surface area (Å²) in [6.45, 7) is 0. The van der Waals surface area contributed by atoms with E-state index in [-0.39, 0.29) is 0 Å². The Morgan fingerprint density at radius 1 is 1.13 bits per heavy atom. The minimum absolute atomic E-state index is 0.712. The van der Waals surface area contributed by atoms with Crippen molar-refractivity contribution in [2.24, 2.45) is 0 Å². The standard InChI is InChI=1S/C12H9BrClN/c13-8-10-11(14)6-7-15-12(10)9-4-2-1-3-5-9/h1-7H,8H2. The second-order valence-corrected chi connectivity index (χ2v) is 4.09. The van der Waals surface area contributed by atoms with Crippen LogP contribution in [-0.2, 0) is 5.33 Å². The quantitative estimate of drug-likeness (QED) is 0.749. The third-order valence-corrected chi connectivity index (χ3v) is 3.09. The number of hydrogen-bond donors (Lipinski definition) is 0. The first-order chi connectivity index (χ1) is 7.33. The summed E-state index contributed by atoms with van der Waals surface area (Å²) in [4.78, 5) is 4.37. The van der Waals surface area contributed by atoms with Gasteiger partial charge in [-0.1, -0.05) is 57.9 Å². The Hall–Kier alpha value is -0.860. The van der Waals surface area contributed by atoms with Crippen LogP contribution in [0, 0.1) is 0 Å². The van der Waals surface area contributed by atoms with Gasteiger partial charge in [0.15, 0.2) is 0 Å². The zero-order valence-electron chi connectivity index (χ0n) is 7.95. The molecule has 0 unspecified atom stereocenters. The van der Waals surface area contributed by atoms with Crippen molar-refractivity contribution in [2.75, 3.05) is 0 Å². The van der Waals surface area contributed by atoms with E-state index >= 15 is 0 Å². The van der Waals surface area contributed by atoms with Crippen LogP contribution in [0.4, 0.5) is 0 Å². The van der Waals surface area contributed by atoms with Crippen molar-refractivity contribution in [2.45, 2.75) is 5.33 Å². The van der Waals surface area contributed by atoms with Gasteiger partial charge in [-0.05, 0) is 6.07 Å². The van der Waals surface area contributed by atoms with Crippen molar-refractivity contribution in [3.8, 4) is 11.3 Å². The molecule has 0 spiro atoms. The van der Waals surface area contributed by atoms with Gasteiger partial charge in [-0.3, -0.25) is 4.98 Å². The second kappa shape index (κ2) is 4.77. The minimum atomic E-state index is 0.712. The van der Waals surface area contributed by atoms with Crippen LogP contribution in [0.2, 0.25) is 5.02 Å². The molecule has 1 nitrogen and oxygen atoms in total. The lowest BCUT2D eigenvalue weighted by molar-refractivity contribution is 1.26. The molecule has 0 saturated heterocycles. The molecule has 1 aromatic carbocycles. The lowest BCUT2D eigenvalue weighted by Crippen LogP contribution is -1.91. The van der Waals surface area contributed by atoms with Gasteiger partial charge >= 0.3 is 0 Å². The molecule has 0 atom stereocenters. The molecular formula is C12H9BrClN. The van der Waals surface area contributed by atoms with Gasteiger partial charge < -0.3 is 0 Å². The van der Waals surface area contributed by atoms with Crippen LogP contribution in [0.3, 0.4) is 0 Å². The molecule has 0 saturated carbocycles. The molecule has 0 aliphatic heterocycles. The first kappa shape index (κ1) is 10.7. The number of halogens is 2. The molecule has 3 heteroatoms. The molecule has 0 aliphatic rings. The van der Waals surface area contributed by atoms with Crippen molar-refractivity contribution in [1.29, 1.82) is 0 Å². The highest BCUT2D eigenvalue weighted by atomic mass is 79.9. The van der Waals surface area contributed by atoms with E-state index in [0.717, 1.165) is 21.8 Å². The van der Waals surface area contributed by atoms with E-state index in [1.165, 1.54) is 0 Å². The van der Waals surface area contributed by atoms with Crippen molar-refractivity contribution in [1.82, 2.24) is 4.98 Å². The Morgan fingerprint density at radius 3 is 2.53 bits per heavy atom. The van der Waals surface area contributed by atoms with E-state index in [0.29, 0.717) is 5.33 Å². The van der Waals surface area contributed by atoms with Crippen molar-refractivity contribution in [3.05, 3.63) is 53.2 Å². The predicted octanol–water partition coefficient (Wildman–Crippen LogP) is 4.30. The number of benzene rings is 1. The van der Waals surface area contributed by atoms with Gasteiger partial charge in [-0.25, -0.2) is 0 Å². The summed E-state index contributed by atoms with van der Waals surface area (Å²) in [5, 5.41) is 1.46. The number of hydrogen-bond acceptors (Lipinski definition) is 1. The van der Waals surface area contributed by atoms with Crippen LogP contribution in [0.1, 0.15) is 5.56 Å². The normalized spacial score (nSPS) is 10.3. The number of rotatable bonds is 2. The van der Waals surface area contributed by atoms with E-state index in [1.54, 1.807) is 6.20 Å². The lowest BCUT2D eigenvalue weighted by atomic mass is 10.1. The Labute approximate surface area is 102 Å². The van der Waals surface area contributed by atoms with E-state index in [4.69, 9.17) is 11.6 Å². The molecule has 1 heterocycles. The van der Waals surface area contributed by atoms with Gasteiger partial charge in [0.05, 0.1) is 5.69 Å². The zero-order valence-corrected chi connectivity index (χ0v) is 10.3. The molecule has 2 aromatic rings. The average Bonchev–Trinajstić information content (AvgIpc) is 2.30. The third kappa shape index (κ3) is 2.21. The Morgan fingerprint density at radius 2 is 1.87 bits per heavy atom. The van der Waals surface area contributed by atoms with Gasteiger partial charge in [0.2, 0.25) is 0 Å². The van der Waals surface area contributed by atoms with Crippen molar-refractivity contribution in [3.63, 3.8) is 0 Å². The van der Waals surface area contributed by atoms with Crippen LogP contribution in [0.15, 0.2) is 42.6 Å². The first-order valence-electron chi connectivity index (χ1n) is 4.57. The van der Waals surface area contributed by atoms with Crippen molar-refractivity contribution < 1.29 is 0 Å². The van der Waals surface area contributed by atoms with Crippen LogP contribution < -0.4 is 0 Å². The topological polar surface area (TPSA) is 12.9 Å². The van der Waals surface area contributed by atoms with Gasteiger partial charge in [-0.15, -0.1) is 0 Å².